The van der Waals surface area contributed by atoms with Gasteiger partial charge in [-0.1, -0.05) is 6.07 Å². The van der Waals surface area contributed by atoms with Crippen LogP contribution in [-0.2, 0) is 0 Å². The van der Waals surface area contributed by atoms with Gasteiger partial charge in [0.1, 0.15) is 12.1 Å². The number of benzene rings is 1. The summed E-state index contributed by atoms with van der Waals surface area (Å²) in [6.07, 6.45) is 3.12. The first-order valence-corrected chi connectivity index (χ1v) is 4.46. The number of hydrogen-bond acceptors (Lipinski definition) is 4. The summed E-state index contributed by atoms with van der Waals surface area (Å²) in [6.45, 7) is 0. The highest BCUT2D eigenvalue weighted by atomic mass is 16.7. The lowest BCUT2D eigenvalue weighted by atomic mass is 10.1. The Kier molecular flexibility index (Phi) is 2.53. The second kappa shape index (κ2) is 4.16. The average molecular weight is 210 g/mol. The molecule has 0 saturated carbocycles. The minimum absolute atomic E-state index is 0.219. The third kappa shape index (κ3) is 1.70. The maximum Gasteiger partial charge on any atom is 0.193 e. The normalized spacial score (nSPS) is 9.12. The van der Waals surface area contributed by atoms with Gasteiger partial charge in [-0.25, -0.2) is 0 Å². The summed E-state index contributed by atoms with van der Waals surface area (Å²) in [4.78, 5) is 6.51. The summed E-state index contributed by atoms with van der Waals surface area (Å²) in [6, 6.07) is 10.4. The molecule has 1 heterocycles. The van der Waals surface area contributed by atoms with Gasteiger partial charge < -0.3 is 4.84 Å². The van der Waals surface area contributed by atoms with Crippen LogP contribution in [0, 0.1) is 22.7 Å². The molecule has 0 saturated heterocycles. The fraction of sp³-hybridized carbons (Fsp3) is 0. The number of aromatic nitrogens is 2. The van der Waals surface area contributed by atoms with Gasteiger partial charge in [-0.05, 0) is 18.2 Å². The van der Waals surface area contributed by atoms with E-state index in [0.29, 0.717) is 11.1 Å². The summed E-state index contributed by atoms with van der Waals surface area (Å²) in [7, 11) is 0. The third-order valence-electron chi connectivity index (χ3n) is 1.92. The van der Waals surface area contributed by atoms with E-state index in [-0.39, 0.29) is 5.75 Å². The van der Waals surface area contributed by atoms with E-state index in [9.17, 15) is 0 Å². The van der Waals surface area contributed by atoms with Gasteiger partial charge in [-0.15, -0.1) is 9.94 Å². The SMILES string of the molecule is N#Cc1cccc(C#N)c1On1cccn1. The van der Waals surface area contributed by atoms with Gasteiger partial charge in [0.15, 0.2) is 5.75 Å². The van der Waals surface area contributed by atoms with Gasteiger partial charge in [-0.3, -0.25) is 0 Å². The molecule has 1 aromatic carbocycles. The molecule has 0 N–H and O–H groups in total. The van der Waals surface area contributed by atoms with E-state index in [1.54, 1.807) is 36.7 Å². The second-order valence-corrected chi connectivity index (χ2v) is 2.91. The molecule has 0 atom stereocenters. The van der Waals surface area contributed by atoms with Crippen molar-refractivity contribution in [3.05, 3.63) is 47.8 Å². The molecule has 0 bridgehead atoms. The lowest BCUT2D eigenvalue weighted by Crippen LogP contribution is -2.07. The van der Waals surface area contributed by atoms with Crippen LogP contribution in [0.3, 0.4) is 0 Å². The molecule has 16 heavy (non-hydrogen) atoms. The molecule has 0 aliphatic carbocycles. The van der Waals surface area contributed by atoms with Crippen molar-refractivity contribution >= 4 is 0 Å². The smallest absolute Gasteiger partial charge is 0.193 e. The molecule has 0 unspecified atom stereocenters. The zero-order valence-corrected chi connectivity index (χ0v) is 8.16. The zero-order valence-electron chi connectivity index (χ0n) is 8.16. The zero-order chi connectivity index (χ0) is 11.4. The molecule has 76 valence electrons. The van der Waals surface area contributed by atoms with Crippen molar-refractivity contribution in [3.8, 4) is 17.9 Å². The molecule has 2 rings (SSSR count). The van der Waals surface area contributed by atoms with Crippen LogP contribution in [0.2, 0.25) is 0 Å². The summed E-state index contributed by atoms with van der Waals surface area (Å²) < 4.78 is 0. The molecule has 0 fully saturated rings. The van der Waals surface area contributed by atoms with E-state index in [0.717, 1.165) is 0 Å². The Labute approximate surface area is 91.7 Å². The first-order chi connectivity index (χ1) is 7.85. The second-order valence-electron chi connectivity index (χ2n) is 2.91. The van der Waals surface area contributed by atoms with Crippen molar-refractivity contribution in [1.29, 1.82) is 10.5 Å². The molecule has 0 aliphatic heterocycles. The van der Waals surface area contributed by atoms with E-state index < -0.39 is 0 Å². The fourth-order valence-corrected chi connectivity index (χ4v) is 1.21. The Morgan fingerprint density at radius 3 is 2.31 bits per heavy atom. The molecule has 0 aliphatic rings. The van der Waals surface area contributed by atoms with E-state index in [4.69, 9.17) is 15.4 Å². The average Bonchev–Trinajstić information content (AvgIpc) is 2.82. The summed E-state index contributed by atoms with van der Waals surface area (Å²) in [5.41, 5.74) is 0.601. The van der Waals surface area contributed by atoms with Crippen LogP contribution < -0.4 is 4.84 Å². The summed E-state index contributed by atoms with van der Waals surface area (Å²) in [5, 5.41) is 21.6. The van der Waals surface area contributed by atoms with Crippen LogP contribution >= 0.6 is 0 Å². The van der Waals surface area contributed by atoms with Crippen molar-refractivity contribution in [1.82, 2.24) is 9.94 Å². The van der Waals surface area contributed by atoms with Gasteiger partial charge in [0.05, 0.1) is 23.5 Å². The molecule has 1 aromatic heterocycles. The Hall–Kier alpha value is -2.79. The number of nitrogens with zero attached hydrogens (tertiary/aromatic N) is 4. The first-order valence-electron chi connectivity index (χ1n) is 4.46. The van der Waals surface area contributed by atoms with Crippen molar-refractivity contribution in [3.63, 3.8) is 0 Å². The van der Waals surface area contributed by atoms with Gasteiger partial charge in [0.25, 0.3) is 0 Å². The Balaban J connectivity index is 2.47. The van der Waals surface area contributed by atoms with E-state index in [1.807, 2.05) is 12.1 Å². The molecular formula is C11H6N4O. The first kappa shape index (κ1) is 9.75. The standard InChI is InChI=1S/C11H6N4O/c12-7-9-3-1-4-10(8-13)11(9)16-15-6-2-5-14-15/h1-6H. The van der Waals surface area contributed by atoms with Gasteiger partial charge >= 0.3 is 0 Å². The predicted molar refractivity (Wildman–Crippen MR) is 54.1 cm³/mol. The number of hydrogen-bond donors (Lipinski definition) is 0. The molecule has 0 radical (unpaired) electrons. The third-order valence-corrected chi connectivity index (χ3v) is 1.92. The Morgan fingerprint density at radius 2 is 1.81 bits per heavy atom. The summed E-state index contributed by atoms with van der Waals surface area (Å²) in [5.74, 6) is 0.219. The summed E-state index contributed by atoms with van der Waals surface area (Å²) >= 11 is 0. The lowest BCUT2D eigenvalue weighted by molar-refractivity contribution is 0.177. The van der Waals surface area contributed by atoms with Crippen LogP contribution in [0.4, 0.5) is 0 Å². The monoisotopic (exact) mass is 210 g/mol. The number of nitriles is 2. The van der Waals surface area contributed by atoms with Crippen molar-refractivity contribution in [2.75, 3.05) is 0 Å². The molecule has 5 heteroatoms. The van der Waals surface area contributed by atoms with E-state index in [2.05, 4.69) is 5.10 Å². The van der Waals surface area contributed by atoms with Crippen LogP contribution in [0.15, 0.2) is 36.7 Å². The Morgan fingerprint density at radius 1 is 1.12 bits per heavy atom. The fourth-order valence-electron chi connectivity index (χ4n) is 1.21. The van der Waals surface area contributed by atoms with Gasteiger partial charge in [0.2, 0.25) is 0 Å². The largest absolute Gasteiger partial charge is 0.355 e. The van der Waals surface area contributed by atoms with Crippen LogP contribution in [-0.4, -0.2) is 9.94 Å². The van der Waals surface area contributed by atoms with Crippen molar-refractivity contribution in [2.24, 2.45) is 0 Å². The van der Waals surface area contributed by atoms with E-state index in [1.165, 1.54) is 4.85 Å². The van der Waals surface area contributed by atoms with E-state index >= 15 is 0 Å². The molecule has 5 nitrogen and oxygen atoms in total. The van der Waals surface area contributed by atoms with Crippen LogP contribution in [0.5, 0.6) is 5.75 Å². The maximum atomic E-state index is 8.90. The maximum absolute atomic E-state index is 8.90. The van der Waals surface area contributed by atoms with Crippen LogP contribution in [0.25, 0.3) is 0 Å². The van der Waals surface area contributed by atoms with Gasteiger partial charge in [0, 0.05) is 0 Å². The number of para-hydroxylation sites is 1. The highest BCUT2D eigenvalue weighted by Crippen LogP contribution is 2.22. The van der Waals surface area contributed by atoms with Crippen LogP contribution in [0.1, 0.15) is 11.1 Å². The highest BCUT2D eigenvalue weighted by molar-refractivity contribution is 5.53. The quantitative estimate of drug-likeness (QED) is 0.752. The molecule has 0 spiro atoms. The van der Waals surface area contributed by atoms with Crippen molar-refractivity contribution < 1.29 is 4.84 Å². The highest BCUT2D eigenvalue weighted by Gasteiger charge is 2.10. The number of rotatable bonds is 2. The van der Waals surface area contributed by atoms with Crippen molar-refractivity contribution in [2.45, 2.75) is 0 Å². The Bertz CT molecular complexity index is 543. The predicted octanol–water partition coefficient (Wildman–Crippen LogP) is 1.47. The minimum atomic E-state index is 0.219. The minimum Gasteiger partial charge on any atom is -0.355 e. The molecule has 2 aromatic rings. The van der Waals surface area contributed by atoms with Gasteiger partial charge in [-0.2, -0.15) is 10.5 Å². The lowest BCUT2D eigenvalue weighted by Gasteiger charge is -2.06. The molecule has 0 amide bonds. The topological polar surface area (TPSA) is 74.6 Å². The molecular weight excluding hydrogens is 204 g/mol.